The molecule has 230 valence electrons. The minimum atomic E-state index is -4.56. The van der Waals surface area contributed by atoms with Crippen LogP contribution in [0.3, 0.4) is 0 Å². The summed E-state index contributed by atoms with van der Waals surface area (Å²) in [5.41, 5.74) is 9.64. The first-order chi connectivity index (χ1) is 20.2. The van der Waals surface area contributed by atoms with E-state index < -0.39 is 34.8 Å². The van der Waals surface area contributed by atoms with Gasteiger partial charge in [0.05, 0.1) is 47.4 Å². The van der Waals surface area contributed by atoms with E-state index >= 15 is 4.39 Å². The number of ether oxygens (including phenoxy) is 1. The summed E-state index contributed by atoms with van der Waals surface area (Å²) in [4.78, 5) is 13.5. The van der Waals surface area contributed by atoms with Crippen LogP contribution in [0, 0.1) is 17.4 Å². The molecule has 1 aliphatic heterocycles. The van der Waals surface area contributed by atoms with Crippen LogP contribution < -0.4 is 10.1 Å². The highest BCUT2D eigenvalue weighted by Gasteiger charge is 2.40. The molecule has 0 spiro atoms. The number of nitrogens with zero attached hydrogens (tertiary/aromatic N) is 3. The maximum atomic E-state index is 15.1. The van der Waals surface area contributed by atoms with Crippen LogP contribution in [0.15, 0.2) is 47.4 Å². The van der Waals surface area contributed by atoms with Gasteiger partial charge in [0.25, 0.3) is 0 Å². The first kappa shape index (κ1) is 31.8. The van der Waals surface area contributed by atoms with Gasteiger partial charge in [0.2, 0.25) is 17.6 Å². The van der Waals surface area contributed by atoms with Crippen LogP contribution in [0.4, 0.5) is 28.9 Å². The number of sulfone groups is 1. The Morgan fingerprint density at radius 1 is 1.23 bits per heavy atom. The molecule has 2 N–H and O–H groups in total. The molecule has 1 aromatic heterocycles. The number of piperidine rings is 1. The largest absolute Gasteiger partial charge is 0.495 e. The average Bonchev–Trinajstić information content (AvgIpc) is 3.29. The Morgan fingerprint density at radius 3 is 2.60 bits per heavy atom. The fourth-order valence-electron chi connectivity index (χ4n) is 5.07. The second-order valence-electron chi connectivity index (χ2n) is 10.2. The normalized spacial score (nSPS) is 17.3. The van der Waals surface area contributed by atoms with Crippen LogP contribution in [0.1, 0.15) is 25.5 Å². The Bertz CT molecular complexity index is 1710. The summed E-state index contributed by atoms with van der Waals surface area (Å²) in [5, 5.41) is 3.29. The third-order valence-electron chi connectivity index (χ3n) is 7.20. The number of hydrogen-bond acceptors (Lipinski definition) is 6. The van der Waals surface area contributed by atoms with Gasteiger partial charge in [-0.2, -0.15) is 13.2 Å². The van der Waals surface area contributed by atoms with Crippen molar-refractivity contribution in [3.63, 3.8) is 0 Å². The van der Waals surface area contributed by atoms with Gasteiger partial charge >= 0.3 is 6.18 Å². The number of hydrogen-bond donors (Lipinski definition) is 2. The van der Waals surface area contributed by atoms with Crippen molar-refractivity contribution >= 4 is 38.0 Å². The highest BCUT2D eigenvalue weighted by Crippen LogP contribution is 2.34. The highest BCUT2D eigenvalue weighted by molar-refractivity contribution is 7.90. The van der Waals surface area contributed by atoms with Crippen molar-refractivity contribution in [2.45, 2.75) is 49.6 Å². The predicted octanol–water partition coefficient (Wildman–Crippen LogP) is 5.10. The molecule has 2 heterocycles. The van der Waals surface area contributed by atoms with E-state index in [2.05, 4.69) is 17.2 Å². The average molecular weight is 623 g/mol. The van der Waals surface area contributed by atoms with Gasteiger partial charge < -0.3 is 19.5 Å². The van der Waals surface area contributed by atoms with E-state index in [0.717, 1.165) is 15.5 Å². The number of nitrogens with one attached hydrogen (secondary N) is 2. The van der Waals surface area contributed by atoms with Crippen LogP contribution in [0.25, 0.3) is 10.9 Å². The Hall–Kier alpha value is -4.12. The third-order valence-corrected chi connectivity index (χ3v) is 8.31. The van der Waals surface area contributed by atoms with Crippen LogP contribution in [0.5, 0.6) is 5.75 Å². The molecule has 0 unspecified atom stereocenters. The summed E-state index contributed by atoms with van der Waals surface area (Å²) in [6.07, 6.45) is -4.56. The molecule has 1 amide bonds. The van der Waals surface area contributed by atoms with Gasteiger partial charge in [-0.15, -0.1) is 0 Å². The van der Waals surface area contributed by atoms with E-state index in [1.165, 1.54) is 48.4 Å². The van der Waals surface area contributed by atoms with Crippen LogP contribution in [0.2, 0.25) is 0 Å². The third kappa shape index (κ3) is 7.27. The first-order valence-corrected chi connectivity index (χ1v) is 15.3. The Morgan fingerprint density at radius 2 is 1.98 bits per heavy atom. The standard InChI is InChI=1S/C29H32F4N5O4S/c1-4-28(39)36-14-12-26(22(30)17-36)38(34)25-9-5-8-24-21(25)15-19(37(24)18-29(31,32)33)7-6-13-35-23-11-10-20(43(3,40)41)16-27(23)42-2/h5,8-11,15-16,22,26,34-35H,4,12-14,17-18H2,1-3H3/q+1/t22-,26+/m0/s1. The van der Waals surface area contributed by atoms with E-state index in [1.54, 1.807) is 13.0 Å². The summed E-state index contributed by atoms with van der Waals surface area (Å²) >= 11 is 0. The molecular formula is C29H32F4N5O4S+. The van der Waals surface area contributed by atoms with E-state index in [1.807, 2.05) is 0 Å². The molecule has 0 aliphatic carbocycles. The number of anilines is 1. The monoisotopic (exact) mass is 622 g/mol. The first-order valence-electron chi connectivity index (χ1n) is 13.5. The number of halogens is 4. The Balaban J connectivity index is 1.63. The van der Waals surface area contributed by atoms with Crippen molar-refractivity contribution in [3.8, 4) is 17.6 Å². The molecule has 1 saturated heterocycles. The molecule has 0 saturated carbocycles. The molecule has 1 aliphatic rings. The number of alkyl halides is 4. The van der Waals surface area contributed by atoms with Gasteiger partial charge in [0, 0.05) is 37.8 Å². The predicted molar refractivity (Wildman–Crippen MR) is 152 cm³/mol. The van der Waals surface area contributed by atoms with E-state index in [0.29, 0.717) is 11.1 Å². The number of methoxy groups -OCH3 is 1. The van der Waals surface area contributed by atoms with Crippen molar-refractivity contribution in [2.24, 2.45) is 0 Å². The molecule has 2 aromatic carbocycles. The smallest absolute Gasteiger partial charge is 0.406 e. The summed E-state index contributed by atoms with van der Waals surface area (Å²) in [5.74, 6) is 5.64. The zero-order valence-corrected chi connectivity index (χ0v) is 24.7. The number of benzene rings is 2. The summed E-state index contributed by atoms with van der Waals surface area (Å²) in [7, 11) is -2.08. The van der Waals surface area contributed by atoms with Crippen molar-refractivity contribution in [3.05, 3.63) is 48.2 Å². The van der Waals surface area contributed by atoms with Gasteiger partial charge in [0.15, 0.2) is 16.0 Å². The Labute approximate surface area is 246 Å². The number of likely N-dealkylation sites (tertiary alicyclic amines) is 1. The van der Waals surface area contributed by atoms with Crippen molar-refractivity contribution < 1.29 is 40.2 Å². The summed E-state index contributed by atoms with van der Waals surface area (Å²) in [6.45, 7) is 0.501. The molecule has 14 heteroatoms. The van der Waals surface area contributed by atoms with Gasteiger partial charge in [-0.3, -0.25) is 4.79 Å². The maximum absolute atomic E-state index is 15.1. The fraction of sp³-hybridized carbons (Fsp3) is 0.414. The van der Waals surface area contributed by atoms with E-state index in [-0.39, 0.29) is 65.9 Å². The van der Waals surface area contributed by atoms with Gasteiger partial charge in [0.1, 0.15) is 12.3 Å². The molecule has 2 atom stereocenters. The van der Waals surface area contributed by atoms with Gasteiger partial charge in [-0.05, 0) is 30.2 Å². The number of carbonyl (C=O) groups is 1. The topological polar surface area (TPSA) is 108 Å². The zero-order chi connectivity index (χ0) is 31.5. The van der Waals surface area contributed by atoms with Gasteiger partial charge in [-0.1, -0.05) is 29.1 Å². The number of aromatic nitrogens is 1. The molecule has 0 bridgehead atoms. The zero-order valence-electron chi connectivity index (χ0n) is 23.8. The van der Waals surface area contributed by atoms with Crippen LogP contribution in [-0.2, 0) is 21.2 Å². The molecular weight excluding hydrogens is 590 g/mol. The molecule has 0 radical (unpaired) electrons. The van der Waals surface area contributed by atoms with Gasteiger partial charge in [-0.25, -0.2) is 12.8 Å². The van der Waals surface area contributed by atoms with Crippen molar-refractivity contribution in [1.29, 1.82) is 5.53 Å². The minimum absolute atomic E-state index is 0.00185. The fourth-order valence-corrected chi connectivity index (χ4v) is 5.70. The van der Waals surface area contributed by atoms with Crippen LogP contribution >= 0.6 is 0 Å². The quantitative estimate of drug-likeness (QED) is 0.157. The molecule has 1 fully saturated rings. The summed E-state index contributed by atoms with van der Waals surface area (Å²) in [6, 6.07) is 9.38. The molecule has 43 heavy (non-hydrogen) atoms. The number of carbonyl (C=O) groups excluding carboxylic acids is 1. The Kier molecular flexibility index (Phi) is 9.34. The lowest BCUT2D eigenvalue weighted by Crippen LogP contribution is -2.49. The molecule has 3 aromatic rings. The van der Waals surface area contributed by atoms with E-state index in [9.17, 15) is 26.4 Å². The lowest BCUT2D eigenvalue weighted by atomic mass is 10.0. The highest BCUT2D eigenvalue weighted by atomic mass is 32.2. The molecule has 4 rings (SSSR count). The maximum Gasteiger partial charge on any atom is 0.406 e. The lowest BCUT2D eigenvalue weighted by Gasteiger charge is -2.31. The SMILES string of the molecule is CCC(=O)N1CC[C@@H]([N+](=N)c2cccc3c2cc(C#CCNc2ccc(S(C)(=O)=O)cc2OC)n3CC(F)(F)F)[C@@H](F)C1. The van der Waals surface area contributed by atoms with Crippen LogP contribution in [-0.4, -0.2) is 79.9 Å². The number of fused-ring (bicyclic) bond motifs is 1. The second-order valence-corrected chi connectivity index (χ2v) is 12.2. The van der Waals surface area contributed by atoms with Crippen molar-refractivity contribution in [2.75, 3.05) is 38.3 Å². The summed E-state index contributed by atoms with van der Waals surface area (Å²) < 4.78 is 86.9. The molecule has 9 nitrogen and oxygen atoms in total. The van der Waals surface area contributed by atoms with Crippen molar-refractivity contribution in [1.82, 2.24) is 9.47 Å². The second kappa shape index (κ2) is 12.6. The number of rotatable bonds is 8. The lowest BCUT2D eigenvalue weighted by molar-refractivity contribution is -0.582. The van der Waals surface area contributed by atoms with E-state index in [4.69, 9.17) is 10.3 Å². The number of amides is 1. The minimum Gasteiger partial charge on any atom is -0.495 e.